The van der Waals surface area contributed by atoms with E-state index in [9.17, 15) is 0 Å². The Hall–Kier alpha value is -1.53. The number of nitrogens with zero attached hydrogens (tertiary/aromatic N) is 2. The lowest BCUT2D eigenvalue weighted by molar-refractivity contribution is 0.431. The molecule has 3 heterocycles. The van der Waals surface area contributed by atoms with Crippen LogP contribution in [0.25, 0.3) is 10.8 Å². The van der Waals surface area contributed by atoms with Crippen LogP contribution in [0, 0.1) is 20.8 Å². The van der Waals surface area contributed by atoms with Crippen LogP contribution < -0.4 is 0 Å². The third-order valence-electron chi connectivity index (χ3n) is 2.97. The average molecular weight is 306 g/mol. The fourth-order valence-corrected chi connectivity index (χ4v) is 3.27. The van der Waals surface area contributed by atoms with Gasteiger partial charge in [-0.1, -0.05) is 17.8 Å². The summed E-state index contributed by atoms with van der Waals surface area (Å²) in [6.07, 6.45) is 0. The van der Waals surface area contributed by atoms with Gasteiger partial charge in [0.2, 0.25) is 5.89 Å². The minimum Gasteiger partial charge on any atom is -0.440 e. The Balaban J connectivity index is 1.74. The Morgan fingerprint density at radius 3 is 2.65 bits per heavy atom. The van der Waals surface area contributed by atoms with Gasteiger partial charge in [-0.25, -0.2) is 9.97 Å². The van der Waals surface area contributed by atoms with E-state index in [1.165, 1.54) is 11.8 Å². The molecule has 0 aromatic carbocycles. The molecule has 20 heavy (non-hydrogen) atoms. The van der Waals surface area contributed by atoms with Crippen LogP contribution in [-0.2, 0) is 5.75 Å². The maximum absolute atomic E-state index is 5.71. The molecule has 3 aromatic rings. The van der Waals surface area contributed by atoms with E-state index in [1.54, 1.807) is 11.3 Å². The first-order valence-corrected chi connectivity index (χ1v) is 8.07. The van der Waals surface area contributed by atoms with Crippen molar-refractivity contribution >= 4 is 23.1 Å². The van der Waals surface area contributed by atoms with Gasteiger partial charge in [-0.2, -0.15) is 0 Å². The molecule has 0 atom stereocenters. The molecule has 0 saturated heterocycles. The monoisotopic (exact) mass is 306 g/mol. The lowest BCUT2D eigenvalue weighted by Crippen LogP contribution is -1.84. The van der Waals surface area contributed by atoms with Crippen molar-refractivity contribution in [1.82, 2.24) is 9.97 Å². The van der Waals surface area contributed by atoms with E-state index in [4.69, 9.17) is 8.83 Å². The predicted octanol–water partition coefficient (Wildman–Crippen LogP) is 4.61. The fourth-order valence-electron chi connectivity index (χ4n) is 1.70. The van der Waals surface area contributed by atoms with Crippen molar-refractivity contribution in [3.05, 3.63) is 40.4 Å². The summed E-state index contributed by atoms with van der Waals surface area (Å²) in [6, 6.07) is 4.00. The molecule has 6 heteroatoms. The van der Waals surface area contributed by atoms with E-state index < -0.39 is 0 Å². The second kappa shape index (κ2) is 5.46. The Kier molecular flexibility index (Phi) is 3.67. The smallest absolute Gasteiger partial charge is 0.256 e. The zero-order valence-electron chi connectivity index (χ0n) is 11.5. The highest BCUT2D eigenvalue weighted by Gasteiger charge is 2.14. The highest BCUT2D eigenvalue weighted by Crippen LogP contribution is 2.29. The van der Waals surface area contributed by atoms with Gasteiger partial charge in [0, 0.05) is 5.75 Å². The van der Waals surface area contributed by atoms with Crippen molar-refractivity contribution in [2.24, 2.45) is 0 Å². The van der Waals surface area contributed by atoms with Crippen LogP contribution in [0.2, 0.25) is 0 Å². The number of rotatable bonds is 4. The van der Waals surface area contributed by atoms with E-state index in [0.717, 1.165) is 27.8 Å². The van der Waals surface area contributed by atoms with Crippen LogP contribution >= 0.6 is 23.1 Å². The molecule has 104 valence electrons. The molecule has 0 spiro atoms. The maximum Gasteiger partial charge on any atom is 0.256 e. The van der Waals surface area contributed by atoms with Gasteiger partial charge < -0.3 is 8.83 Å². The molecule has 3 rings (SSSR count). The van der Waals surface area contributed by atoms with Gasteiger partial charge in [0.15, 0.2) is 0 Å². The quantitative estimate of drug-likeness (QED) is 0.659. The molecule has 0 aliphatic heterocycles. The average Bonchev–Trinajstić information content (AvgIpc) is 3.10. The lowest BCUT2D eigenvalue weighted by Gasteiger charge is -1.93. The minimum absolute atomic E-state index is 0.681. The Labute approximate surface area is 125 Å². The zero-order chi connectivity index (χ0) is 14.1. The van der Waals surface area contributed by atoms with E-state index in [1.807, 2.05) is 38.3 Å². The molecule has 3 aromatic heterocycles. The van der Waals surface area contributed by atoms with Gasteiger partial charge in [-0.05, 0) is 32.2 Å². The minimum atomic E-state index is 0.681. The lowest BCUT2D eigenvalue weighted by atomic mass is 10.4. The molecule has 0 aliphatic carbocycles. The largest absolute Gasteiger partial charge is 0.440 e. The summed E-state index contributed by atoms with van der Waals surface area (Å²) in [5.74, 6) is 3.09. The van der Waals surface area contributed by atoms with Crippen LogP contribution in [0.4, 0.5) is 0 Å². The molecular weight excluding hydrogens is 292 g/mol. The topological polar surface area (TPSA) is 52.1 Å². The van der Waals surface area contributed by atoms with Crippen molar-refractivity contribution in [1.29, 1.82) is 0 Å². The first-order valence-electron chi connectivity index (χ1n) is 6.20. The molecule has 0 N–H and O–H groups in total. The van der Waals surface area contributed by atoms with Crippen molar-refractivity contribution < 1.29 is 8.83 Å². The van der Waals surface area contributed by atoms with Crippen LogP contribution in [-0.4, -0.2) is 9.97 Å². The number of thioether (sulfide) groups is 1. The zero-order valence-corrected chi connectivity index (χ0v) is 13.1. The van der Waals surface area contributed by atoms with Crippen LogP contribution in [0.3, 0.4) is 0 Å². The maximum atomic E-state index is 5.71. The molecule has 0 fully saturated rings. The van der Waals surface area contributed by atoms with E-state index in [2.05, 4.69) is 9.97 Å². The number of hydrogen-bond acceptors (Lipinski definition) is 6. The fraction of sp³-hybridized carbons (Fsp3) is 0.286. The Bertz CT molecular complexity index is 694. The van der Waals surface area contributed by atoms with Gasteiger partial charge in [-0.15, -0.1) is 11.3 Å². The number of aromatic nitrogens is 2. The molecule has 4 nitrogen and oxygen atoms in total. The third-order valence-corrected chi connectivity index (χ3v) is 4.66. The van der Waals surface area contributed by atoms with Crippen molar-refractivity contribution in [3.63, 3.8) is 0 Å². The normalized spacial score (nSPS) is 11.2. The molecular formula is C14H14N2O2S2. The standard InChI is InChI=1S/C14H14N2O2S2/c1-8-9(2)18-14(15-8)20-7-11-10(3)17-13(16-11)12-5-4-6-19-12/h4-6H,7H2,1-3H3. The van der Waals surface area contributed by atoms with Crippen LogP contribution in [0.1, 0.15) is 22.9 Å². The van der Waals surface area contributed by atoms with Gasteiger partial charge in [0.1, 0.15) is 11.5 Å². The summed E-state index contributed by atoms with van der Waals surface area (Å²) in [6.45, 7) is 5.80. The number of oxazole rings is 2. The van der Waals surface area contributed by atoms with Gasteiger partial charge in [0.05, 0.1) is 16.3 Å². The van der Waals surface area contributed by atoms with E-state index in [0.29, 0.717) is 16.9 Å². The van der Waals surface area contributed by atoms with E-state index >= 15 is 0 Å². The van der Waals surface area contributed by atoms with Crippen LogP contribution in [0.15, 0.2) is 31.6 Å². The van der Waals surface area contributed by atoms with Gasteiger partial charge in [0.25, 0.3) is 5.22 Å². The third kappa shape index (κ3) is 2.66. The Morgan fingerprint density at radius 2 is 2.00 bits per heavy atom. The van der Waals surface area contributed by atoms with Gasteiger partial charge in [-0.3, -0.25) is 0 Å². The second-order valence-electron chi connectivity index (χ2n) is 4.41. The summed E-state index contributed by atoms with van der Waals surface area (Å²) < 4.78 is 11.3. The summed E-state index contributed by atoms with van der Waals surface area (Å²) in [7, 11) is 0. The number of thiophene rings is 1. The summed E-state index contributed by atoms with van der Waals surface area (Å²) in [5, 5.41) is 2.70. The molecule has 0 unspecified atom stereocenters. The van der Waals surface area contributed by atoms with Gasteiger partial charge >= 0.3 is 0 Å². The van der Waals surface area contributed by atoms with Crippen molar-refractivity contribution in [3.8, 4) is 10.8 Å². The predicted molar refractivity (Wildman–Crippen MR) is 80.1 cm³/mol. The molecule has 0 bridgehead atoms. The molecule has 0 amide bonds. The molecule has 0 saturated carbocycles. The molecule has 0 aliphatic rings. The van der Waals surface area contributed by atoms with Crippen molar-refractivity contribution in [2.75, 3.05) is 0 Å². The van der Waals surface area contributed by atoms with Crippen LogP contribution in [0.5, 0.6) is 0 Å². The highest BCUT2D eigenvalue weighted by molar-refractivity contribution is 7.98. The second-order valence-corrected chi connectivity index (χ2v) is 6.28. The first-order chi connectivity index (χ1) is 9.63. The summed E-state index contributed by atoms with van der Waals surface area (Å²) in [4.78, 5) is 9.95. The highest BCUT2D eigenvalue weighted by atomic mass is 32.2. The Morgan fingerprint density at radius 1 is 1.15 bits per heavy atom. The van der Waals surface area contributed by atoms with E-state index in [-0.39, 0.29) is 0 Å². The number of aryl methyl sites for hydroxylation is 3. The first kappa shape index (κ1) is 13.5. The SMILES string of the molecule is Cc1nc(SCc2nc(-c3cccs3)oc2C)oc1C. The summed E-state index contributed by atoms with van der Waals surface area (Å²) in [5.41, 5.74) is 1.87. The summed E-state index contributed by atoms with van der Waals surface area (Å²) >= 11 is 3.16. The molecule has 0 radical (unpaired) electrons. The van der Waals surface area contributed by atoms with Crippen molar-refractivity contribution in [2.45, 2.75) is 31.7 Å². The number of hydrogen-bond donors (Lipinski definition) is 0.